The minimum atomic E-state index is -0.471. The maximum Gasteiger partial charge on any atom is 0.433 e. The molecule has 0 aromatic heterocycles. The predicted octanol–water partition coefficient (Wildman–Crippen LogP) is 2.16. The number of hydrazine groups is 1. The van der Waals surface area contributed by atoms with E-state index in [-0.39, 0.29) is 0 Å². The Labute approximate surface area is 84.2 Å². The van der Waals surface area contributed by atoms with Crippen LogP contribution in [0.25, 0.3) is 0 Å². The number of nitrogens with one attached hydrogen (secondary N) is 1. The van der Waals surface area contributed by atoms with Gasteiger partial charge in [-0.15, -0.1) is 0 Å². The van der Waals surface area contributed by atoms with Crippen LogP contribution in [0.5, 0.6) is 0 Å². The molecule has 0 unspecified atom stereocenters. The Balaban J connectivity index is 2.56. The Morgan fingerprint density at radius 2 is 2.14 bits per heavy atom. The number of hydrogen-bond acceptors (Lipinski definition) is 3. The van der Waals surface area contributed by atoms with Gasteiger partial charge in [0.05, 0.1) is 0 Å². The Bertz CT molecular complexity index is 287. The molecule has 0 fully saturated rings. The van der Waals surface area contributed by atoms with E-state index in [0.29, 0.717) is 0 Å². The van der Waals surface area contributed by atoms with Crippen molar-refractivity contribution in [3.8, 4) is 0 Å². The maximum atomic E-state index is 11.5. The van der Waals surface area contributed by atoms with Gasteiger partial charge in [0.1, 0.15) is 5.60 Å². The molecule has 0 spiro atoms. The first kappa shape index (κ1) is 10.6. The third kappa shape index (κ3) is 3.12. The van der Waals surface area contributed by atoms with Crippen LogP contribution in [0.15, 0.2) is 24.0 Å². The molecule has 4 heteroatoms. The predicted molar refractivity (Wildman–Crippen MR) is 54.1 cm³/mol. The second-order valence-corrected chi connectivity index (χ2v) is 4.15. The zero-order valence-corrected chi connectivity index (χ0v) is 9.00. The maximum absolute atomic E-state index is 11.5. The monoisotopic (exact) mass is 196 g/mol. The van der Waals surface area contributed by atoms with Crippen LogP contribution in [0.2, 0.25) is 0 Å². The van der Waals surface area contributed by atoms with Crippen molar-refractivity contribution in [2.24, 2.45) is 0 Å². The lowest BCUT2D eigenvalue weighted by Crippen LogP contribution is -2.42. The number of carbonyl (C=O) groups excluding carboxylic acids is 1. The fourth-order valence-electron chi connectivity index (χ4n) is 0.956. The molecule has 1 aliphatic heterocycles. The summed E-state index contributed by atoms with van der Waals surface area (Å²) in [5, 5.41) is 1.32. The zero-order chi connectivity index (χ0) is 10.8. The minimum absolute atomic E-state index is 0.402. The van der Waals surface area contributed by atoms with Gasteiger partial charge in [-0.05, 0) is 39.8 Å². The number of carbonyl (C=O) groups is 1. The van der Waals surface area contributed by atoms with Gasteiger partial charge in [-0.25, -0.2) is 4.79 Å². The highest BCUT2D eigenvalue weighted by Gasteiger charge is 2.21. The van der Waals surface area contributed by atoms with E-state index in [2.05, 4.69) is 5.43 Å². The molecule has 1 heterocycles. The topological polar surface area (TPSA) is 41.6 Å². The molecule has 0 aliphatic carbocycles. The normalized spacial score (nSPS) is 16.0. The number of nitrogens with zero attached hydrogens (tertiary/aromatic N) is 1. The number of allylic oxidation sites excluding steroid dienone is 3. The summed E-state index contributed by atoms with van der Waals surface area (Å²) in [5.74, 6) is 0. The van der Waals surface area contributed by atoms with Gasteiger partial charge in [0, 0.05) is 11.9 Å². The Morgan fingerprint density at radius 1 is 1.50 bits per heavy atom. The molecule has 0 atom stereocenters. The smallest absolute Gasteiger partial charge is 0.433 e. The summed E-state index contributed by atoms with van der Waals surface area (Å²) >= 11 is 0. The van der Waals surface area contributed by atoms with Crippen LogP contribution in [-0.2, 0) is 4.74 Å². The van der Waals surface area contributed by atoms with Crippen molar-refractivity contribution in [2.45, 2.75) is 33.3 Å². The van der Waals surface area contributed by atoms with Gasteiger partial charge in [-0.2, -0.15) is 5.01 Å². The molecule has 0 saturated heterocycles. The lowest BCUT2D eigenvalue weighted by atomic mass is 10.2. The van der Waals surface area contributed by atoms with E-state index in [1.54, 1.807) is 12.3 Å². The highest BCUT2D eigenvalue weighted by Crippen LogP contribution is 2.10. The van der Waals surface area contributed by atoms with Crippen molar-refractivity contribution in [1.82, 2.24) is 10.4 Å². The van der Waals surface area contributed by atoms with Crippen LogP contribution in [0.4, 0.5) is 4.79 Å². The summed E-state index contributed by atoms with van der Waals surface area (Å²) in [7, 11) is 0. The van der Waals surface area contributed by atoms with E-state index in [0.717, 1.165) is 5.70 Å². The van der Waals surface area contributed by atoms with Gasteiger partial charge in [-0.3, -0.25) is 5.43 Å². The quantitative estimate of drug-likeness (QED) is 0.645. The largest absolute Gasteiger partial charge is 0.442 e. The van der Waals surface area contributed by atoms with Crippen molar-refractivity contribution in [3.63, 3.8) is 0 Å². The molecule has 1 rings (SSSR count). The van der Waals surface area contributed by atoms with Crippen molar-refractivity contribution in [1.29, 1.82) is 0 Å². The van der Waals surface area contributed by atoms with E-state index < -0.39 is 11.7 Å². The van der Waals surface area contributed by atoms with E-state index >= 15 is 0 Å². The van der Waals surface area contributed by atoms with Crippen LogP contribution in [0.1, 0.15) is 27.7 Å². The van der Waals surface area contributed by atoms with Crippen molar-refractivity contribution in [3.05, 3.63) is 24.0 Å². The van der Waals surface area contributed by atoms with Gasteiger partial charge >= 0.3 is 6.09 Å². The first-order valence-corrected chi connectivity index (χ1v) is 4.52. The average Bonchev–Trinajstić information content (AvgIpc) is 2.01. The van der Waals surface area contributed by atoms with E-state index in [1.165, 1.54) is 5.01 Å². The fraction of sp³-hybridized carbons (Fsp3) is 0.500. The molecule has 1 aliphatic rings. The SMILES string of the molecule is CC1=CC=CN(C(=O)OC(C)(C)C)N1. The molecule has 0 bridgehead atoms. The Hall–Kier alpha value is -1.45. The standard InChI is InChI=1S/C10H16N2O2/c1-8-6-5-7-12(11-8)9(13)14-10(2,3)4/h5-7,11H,1-4H3. The number of hydrogen-bond donors (Lipinski definition) is 1. The number of amides is 1. The molecule has 0 aromatic rings. The van der Waals surface area contributed by atoms with Crippen molar-refractivity contribution < 1.29 is 9.53 Å². The summed E-state index contributed by atoms with van der Waals surface area (Å²) in [6, 6.07) is 0. The molecule has 0 saturated carbocycles. The summed E-state index contributed by atoms with van der Waals surface area (Å²) in [4.78, 5) is 11.5. The number of ether oxygens (including phenoxy) is 1. The Morgan fingerprint density at radius 3 is 2.64 bits per heavy atom. The molecule has 0 aromatic carbocycles. The van der Waals surface area contributed by atoms with Crippen LogP contribution in [-0.4, -0.2) is 16.7 Å². The summed E-state index contributed by atoms with van der Waals surface area (Å²) in [5.41, 5.74) is 3.30. The van der Waals surface area contributed by atoms with Crippen molar-refractivity contribution >= 4 is 6.09 Å². The molecule has 0 radical (unpaired) electrons. The van der Waals surface area contributed by atoms with Crippen LogP contribution >= 0.6 is 0 Å². The lowest BCUT2D eigenvalue weighted by molar-refractivity contribution is 0.0270. The van der Waals surface area contributed by atoms with Crippen LogP contribution in [0, 0.1) is 0 Å². The van der Waals surface area contributed by atoms with E-state index in [4.69, 9.17) is 4.74 Å². The van der Waals surface area contributed by atoms with Gasteiger partial charge < -0.3 is 4.74 Å². The molecule has 4 nitrogen and oxygen atoms in total. The molecule has 1 N–H and O–H groups in total. The fourth-order valence-corrected chi connectivity index (χ4v) is 0.956. The second kappa shape index (κ2) is 3.74. The Kier molecular flexibility index (Phi) is 2.84. The summed E-state index contributed by atoms with van der Waals surface area (Å²) in [6.07, 6.45) is 4.89. The highest BCUT2D eigenvalue weighted by molar-refractivity contribution is 5.69. The van der Waals surface area contributed by atoms with Gasteiger partial charge in [0.15, 0.2) is 0 Å². The molecule has 1 amide bonds. The minimum Gasteiger partial charge on any atom is -0.442 e. The van der Waals surface area contributed by atoms with Gasteiger partial charge in [0.2, 0.25) is 0 Å². The molecular formula is C10H16N2O2. The molecular weight excluding hydrogens is 180 g/mol. The lowest BCUT2D eigenvalue weighted by Gasteiger charge is -2.27. The molecule has 78 valence electrons. The first-order chi connectivity index (χ1) is 6.38. The highest BCUT2D eigenvalue weighted by atomic mass is 16.6. The first-order valence-electron chi connectivity index (χ1n) is 4.52. The average molecular weight is 196 g/mol. The second-order valence-electron chi connectivity index (χ2n) is 4.15. The van der Waals surface area contributed by atoms with E-state index in [1.807, 2.05) is 33.8 Å². The van der Waals surface area contributed by atoms with Crippen LogP contribution < -0.4 is 5.43 Å². The third-order valence-electron chi connectivity index (χ3n) is 1.47. The van der Waals surface area contributed by atoms with Gasteiger partial charge in [0.25, 0.3) is 0 Å². The zero-order valence-electron chi connectivity index (χ0n) is 9.00. The molecule has 14 heavy (non-hydrogen) atoms. The van der Waals surface area contributed by atoms with E-state index in [9.17, 15) is 4.79 Å². The van der Waals surface area contributed by atoms with Crippen LogP contribution in [0.3, 0.4) is 0 Å². The van der Waals surface area contributed by atoms with Gasteiger partial charge in [-0.1, -0.05) is 0 Å². The third-order valence-corrected chi connectivity index (χ3v) is 1.47. The van der Waals surface area contributed by atoms with Crippen molar-refractivity contribution in [2.75, 3.05) is 0 Å². The summed E-state index contributed by atoms with van der Waals surface area (Å²) in [6.45, 7) is 7.38. The number of rotatable bonds is 0. The summed E-state index contributed by atoms with van der Waals surface area (Å²) < 4.78 is 5.17.